The number of esters is 1. The van der Waals surface area contributed by atoms with Gasteiger partial charge >= 0.3 is 5.97 Å². The molecule has 1 aromatic rings. The number of fused-ring (bicyclic) bond motifs is 1. The van der Waals surface area contributed by atoms with E-state index >= 15 is 0 Å². The van der Waals surface area contributed by atoms with Crippen LogP contribution in [-0.2, 0) is 14.3 Å². The minimum absolute atomic E-state index is 0.100. The molecule has 1 aliphatic heterocycles. The van der Waals surface area contributed by atoms with Gasteiger partial charge in [0.05, 0.1) is 16.8 Å². The van der Waals surface area contributed by atoms with Crippen LogP contribution in [0.15, 0.2) is 24.3 Å². The van der Waals surface area contributed by atoms with Crippen molar-refractivity contribution in [2.75, 3.05) is 4.90 Å². The van der Waals surface area contributed by atoms with Crippen molar-refractivity contribution < 1.29 is 24.4 Å². The Kier molecular flexibility index (Phi) is 3.60. The fraction of sp³-hybridized carbons (Fsp3) is 0.500. The molecule has 1 heterocycles. The van der Waals surface area contributed by atoms with Crippen molar-refractivity contribution in [2.45, 2.75) is 32.6 Å². The number of carbonyl (C=O) groups is 2. The molecule has 2 aliphatic rings. The third kappa shape index (κ3) is 2.62. The van der Waals surface area contributed by atoms with E-state index in [1.54, 1.807) is 20.8 Å². The number of non-ortho nitro benzene ring substituents is 1. The molecule has 0 spiro atoms. The average molecular weight is 334 g/mol. The van der Waals surface area contributed by atoms with E-state index in [4.69, 9.17) is 4.74 Å². The number of amides is 1. The third-order valence-electron chi connectivity index (χ3n) is 4.22. The Morgan fingerprint density at radius 3 is 2.29 bits per heavy atom. The Hall–Kier alpha value is -2.48. The standard InChI is InChI=1S/C16H18N2O6/c1-16(2,3)24-15(21)12-10-11(12)14(20)17(13(10)19)8-4-6-9(7-5-8)18(22)23/h4-7,10-13,19H,1-3H3/t10-,11+,12-,13?/m1/s1. The van der Waals surface area contributed by atoms with Crippen LogP contribution in [0, 0.1) is 27.9 Å². The third-order valence-corrected chi connectivity index (χ3v) is 4.22. The van der Waals surface area contributed by atoms with Gasteiger partial charge < -0.3 is 9.84 Å². The molecule has 0 aromatic heterocycles. The number of hydrogen-bond acceptors (Lipinski definition) is 6. The summed E-state index contributed by atoms with van der Waals surface area (Å²) in [5, 5.41) is 21.1. The molecule has 1 unspecified atom stereocenters. The Labute approximate surface area is 138 Å². The molecular weight excluding hydrogens is 316 g/mol. The summed E-state index contributed by atoms with van der Waals surface area (Å²) < 4.78 is 5.28. The highest BCUT2D eigenvalue weighted by molar-refractivity contribution is 6.04. The topological polar surface area (TPSA) is 110 Å². The number of nitro groups is 1. The minimum atomic E-state index is -1.14. The lowest BCUT2D eigenvalue weighted by atomic mass is 10.1. The highest BCUT2D eigenvalue weighted by atomic mass is 16.6. The average Bonchev–Trinajstić information content (AvgIpc) is 3.16. The summed E-state index contributed by atoms with van der Waals surface area (Å²) in [5.74, 6) is -2.56. The summed E-state index contributed by atoms with van der Waals surface area (Å²) in [6, 6.07) is 5.36. The second kappa shape index (κ2) is 5.27. The molecule has 3 rings (SSSR count). The predicted molar refractivity (Wildman–Crippen MR) is 82.9 cm³/mol. The van der Waals surface area contributed by atoms with Crippen LogP contribution in [0.1, 0.15) is 20.8 Å². The van der Waals surface area contributed by atoms with Crippen LogP contribution in [0.5, 0.6) is 0 Å². The van der Waals surface area contributed by atoms with Crippen LogP contribution in [0.2, 0.25) is 0 Å². The van der Waals surface area contributed by atoms with E-state index in [0.717, 1.165) is 0 Å². The van der Waals surface area contributed by atoms with Crippen LogP contribution >= 0.6 is 0 Å². The van der Waals surface area contributed by atoms with Gasteiger partial charge in [0.1, 0.15) is 11.8 Å². The maximum absolute atomic E-state index is 12.5. The molecule has 1 aliphatic carbocycles. The number of aliphatic hydroxyl groups excluding tert-OH is 1. The summed E-state index contributed by atoms with van der Waals surface area (Å²) in [4.78, 5) is 35.9. The lowest BCUT2D eigenvalue weighted by molar-refractivity contribution is -0.384. The van der Waals surface area contributed by atoms with Gasteiger partial charge in [0, 0.05) is 23.7 Å². The number of rotatable bonds is 3. The second-order valence-electron chi connectivity index (χ2n) is 7.06. The van der Waals surface area contributed by atoms with E-state index in [2.05, 4.69) is 0 Å². The van der Waals surface area contributed by atoms with E-state index in [0.29, 0.717) is 5.69 Å². The molecule has 1 amide bonds. The highest BCUT2D eigenvalue weighted by Gasteiger charge is 2.70. The van der Waals surface area contributed by atoms with Crippen molar-refractivity contribution >= 4 is 23.3 Å². The molecule has 8 heteroatoms. The van der Waals surface area contributed by atoms with Crippen molar-refractivity contribution in [1.29, 1.82) is 0 Å². The molecule has 1 aromatic carbocycles. The first kappa shape index (κ1) is 16.4. The summed E-state index contributed by atoms with van der Waals surface area (Å²) >= 11 is 0. The lowest BCUT2D eigenvalue weighted by Crippen LogP contribution is -2.40. The van der Waals surface area contributed by atoms with Gasteiger partial charge in [-0.1, -0.05) is 0 Å². The smallest absolute Gasteiger partial charge is 0.310 e. The van der Waals surface area contributed by atoms with Crippen LogP contribution in [0.25, 0.3) is 0 Å². The summed E-state index contributed by atoms with van der Waals surface area (Å²) in [6.07, 6.45) is -1.14. The SMILES string of the molecule is CC(C)(C)OC(=O)[C@H]1[C@H]2C(=O)N(c3ccc([N+](=O)[O-])cc3)C(O)[C@H]21. The number of carbonyl (C=O) groups excluding carboxylic acids is 2. The van der Waals surface area contributed by atoms with E-state index in [1.807, 2.05) is 0 Å². The van der Waals surface area contributed by atoms with Crippen molar-refractivity contribution in [3.05, 3.63) is 34.4 Å². The van der Waals surface area contributed by atoms with Crippen LogP contribution in [-0.4, -0.2) is 33.7 Å². The van der Waals surface area contributed by atoms with E-state index in [-0.39, 0.29) is 11.6 Å². The van der Waals surface area contributed by atoms with Crippen LogP contribution in [0.3, 0.4) is 0 Å². The lowest BCUT2D eigenvalue weighted by Gasteiger charge is -2.26. The largest absolute Gasteiger partial charge is 0.460 e. The molecule has 128 valence electrons. The molecule has 1 saturated heterocycles. The first-order valence-corrected chi connectivity index (χ1v) is 7.60. The maximum atomic E-state index is 12.5. The Balaban J connectivity index is 1.74. The summed E-state index contributed by atoms with van der Waals surface area (Å²) in [6.45, 7) is 5.22. The second-order valence-corrected chi connectivity index (χ2v) is 7.06. The molecule has 8 nitrogen and oxygen atoms in total. The first-order valence-electron chi connectivity index (χ1n) is 7.60. The van der Waals surface area contributed by atoms with Gasteiger partial charge in [-0.25, -0.2) is 0 Å². The van der Waals surface area contributed by atoms with Crippen LogP contribution < -0.4 is 4.90 Å². The highest BCUT2D eigenvalue weighted by Crippen LogP contribution is 2.57. The molecule has 1 saturated carbocycles. The van der Waals surface area contributed by atoms with Gasteiger partial charge in [0.15, 0.2) is 0 Å². The number of ether oxygens (including phenoxy) is 1. The number of hydrogen-bond donors (Lipinski definition) is 1. The van der Waals surface area contributed by atoms with Gasteiger partial charge in [-0.05, 0) is 32.9 Å². The zero-order valence-corrected chi connectivity index (χ0v) is 13.5. The zero-order valence-electron chi connectivity index (χ0n) is 13.5. The van der Waals surface area contributed by atoms with E-state index < -0.39 is 40.5 Å². The quantitative estimate of drug-likeness (QED) is 0.509. The Morgan fingerprint density at radius 2 is 1.88 bits per heavy atom. The Morgan fingerprint density at radius 1 is 1.29 bits per heavy atom. The number of aliphatic hydroxyl groups is 1. The molecule has 0 radical (unpaired) electrons. The molecule has 2 fully saturated rings. The number of anilines is 1. The van der Waals surface area contributed by atoms with Crippen molar-refractivity contribution in [2.24, 2.45) is 17.8 Å². The molecule has 1 N–H and O–H groups in total. The van der Waals surface area contributed by atoms with Gasteiger partial charge in [0.25, 0.3) is 5.69 Å². The van der Waals surface area contributed by atoms with Gasteiger partial charge in [-0.3, -0.25) is 24.6 Å². The van der Waals surface area contributed by atoms with E-state index in [1.165, 1.54) is 29.2 Å². The zero-order chi connectivity index (χ0) is 17.8. The van der Waals surface area contributed by atoms with Crippen molar-refractivity contribution in [3.63, 3.8) is 0 Å². The fourth-order valence-electron chi connectivity index (χ4n) is 3.18. The monoisotopic (exact) mass is 334 g/mol. The molecule has 24 heavy (non-hydrogen) atoms. The van der Waals surface area contributed by atoms with Crippen LogP contribution in [0.4, 0.5) is 11.4 Å². The number of nitrogens with zero attached hydrogens (tertiary/aromatic N) is 2. The number of nitro benzene ring substituents is 1. The molecule has 4 atom stereocenters. The fourth-order valence-corrected chi connectivity index (χ4v) is 3.18. The predicted octanol–water partition coefficient (Wildman–Crippen LogP) is 1.46. The summed E-state index contributed by atoms with van der Waals surface area (Å²) in [5.41, 5.74) is -0.384. The maximum Gasteiger partial charge on any atom is 0.310 e. The first-order chi connectivity index (χ1) is 11.1. The minimum Gasteiger partial charge on any atom is -0.460 e. The van der Waals surface area contributed by atoms with E-state index in [9.17, 15) is 24.8 Å². The van der Waals surface area contributed by atoms with Gasteiger partial charge in [0.2, 0.25) is 5.91 Å². The molecular formula is C16H18N2O6. The number of benzene rings is 1. The van der Waals surface area contributed by atoms with Crippen molar-refractivity contribution in [3.8, 4) is 0 Å². The Bertz CT molecular complexity index is 708. The number of piperidine rings is 1. The van der Waals surface area contributed by atoms with Gasteiger partial charge in [-0.2, -0.15) is 0 Å². The molecule has 0 bridgehead atoms. The van der Waals surface area contributed by atoms with Crippen molar-refractivity contribution in [1.82, 2.24) is 0 Å². The normalized spacial score (nSPS) is 28.5. The van der Waals surface area contributed by atoms with Gasteiger partial charge in [-0.15, -0.1) is 0 Å². The summed E-state index contributed by atoms with van der Waals surface area (Å²) in [7, 11) is 0.